The SMILES string of the molecule is FC(F)(F)CN1CCNCC1.O=COCc1ccccc1. The molecule has 0 radical (unpaired) electrons. The highest BCUT2D eigenvalue weighted by atomic mass is 19.4. The van der Waals surface area contributed by atoms with Gasteiger partial charge in [-0.1, -0.05) is 30.3 Å². The van der Waals surface area contributed by atoms with Crippen LogP contribution in [0.1, 0.15) is 5.56 Å². The fourth-order valence-corrected chi connectivity index (χ4v) is 1.83. The molecule has 1 saturated heterocycles. The average molecular weight is 304 g/mol. The second kappa shape index (κ2) is 9.36. The Bertz CT molecular complexity index is 393. The lowest BCUT2D eigenvalue weighted by molar-refractivity contribution is -0.146. The van der Waals surface area contributed by atoms with Crippen molar-refractivity contribution in [2.45, 2.75) is 12.8 Å². The maximum Gasteiger partial charge on any atom is 0.401 e. The summed E-state index contributed by atoms with van der Waals surface area (Å²) in [5, 5.41) is 2.99. The summed E-state index contributed by atoms with van der Waals surface area (Å²) in [5.41, 5.74) is 1.01. The van der Waals surface area contributed by atoms with Gasteiger partial charge >= 0.3 is 6.18 Å². The Hall–Kier alpha value is -1.60. The fourth-order valence-electron chi connectivity index (χ4n) is 1.83. The average Bonchev–Trinajstić information content (AvgIpc) is 2.46. The van der Waals surface area contributed by atoms with Crippen molar-refractivity contribution < 1.29 is 22.7 Å². The van der Waals surface area contributed by atoms with Gasteiger partial charge in [0.2, 0.25) is 0 Å². The lowest BCUT2D eigenvalue weighted by Gasteiger charge is -2.27. The van der Waals surface area contributed by atoms with Crippen molar-refractivity contribution in [2.75, 3.05) is 32.7 Å². The molecule has 21 heavy (non-hydrogen) atoms. The predicted molar refractivity (Wildman–Crippen MR) is 72.7 cm³/mol. The summed E-state index contributed by atoms with van der Waals surface area (Å²) in [4.78, 5) is 11.2. The number of alkyl halides is 3. The highest BCUT2D eigenvalue weighted by Gasteiger charge is 2.30. The zero-order chi connectivity index (χ0) is 15.6. The van der Waals surface area contributed by atoms with Gasteiger partial charge in [0.15, 0.2) is 0 Å². The molecular weight excluding hydrogens is 285 g/mol. The number of hydrogen-bond donors (Lipinski definition) is 1. The molecule has 0 spiro atoms. The first-order chi connectivity index (χ1) is 10.0. The first-order valence-electron chi connectivity index (χ1n) is 6.60. The lowest BCUT2D eigenvalue weighted by Crippen LogP contribution is -2.47. The minimum absolute atomic E-state index is 0.365. The number of hydrogen-bond acceptors (Lipinski definition) is 4. The molecule has 0 bridgehead atoms. The molecule has 1 fully saturated rings. The molecule has 1 N–H and O–H groups in total. The number of halogens is 3. The molecule has 0 unspecified atom stereocenters. The van der Waals surface area contributed by atoms with Crippen LogP contribution in [0.4, 0.5) is 13.2 Å². The van der Waals surface area contributed by atoms with Gasteiger partial charge in [0.05, 0.1) is 6.54 Å². The molecule has 1 aliphatic rings. The van der Waals surface area contributed by atoms with Crippen LogP contribution in [0, 0.1) is 0 Å². The smallest absolute Gasteiger partial charge is 0.401 e. The van der Waals surface area contributed by atoms with E-state index in [1.54, 1.807) is 0 Å². The maximum absolute atomic E-state index is 11.8. The third kappa shape index (κ3) is 9.04. The van der Waals surface area contributed by atoms with Crippen LogP contribution in [0.3, 0.4) is 0 Å². The monoisotopic (exact) mass is 304 g/mol. The van der Waals surface area contributed by atoms with E-state index in [2.05, 4.69) is 10.1 Å². The van der Waals surface area contributed by atoms with Crippen molar-refractivity contribution in [3.05, 3.63) is 35.9 Å². The molecule has 1 aromatic rings. The molecule has 0 saturated carbocycles. The molecule has 0 amide bonds. The first kappa shape index (κ1) is 17.5. The standard InChI is InChI=1S/C8H8O2.C6H11F3N2/c9-7-10-6-8-4-2-1-3-5-8;7-6(8,9)5-11-3-1-10-2-4-11/h1-5,7H,6H2;10H,1-5H2. The van der Waals surface area contributed by atoms with Crippen molar-refractivity contribution in [3.8, 4) is 0 Å². The Morgan fingerprint density at radius 3 is 2.33 bits per heavy atom. The van der Waals surface area contributed by atoms with Crippen LogP contribution in [0.5, 0.6) is 0 Å². The van der Waals surface area contributed by atoms with Gasteiger partial charge in [-0.05, 0) is 5.56 Å². The second-order valence-corrected chi connectivity index (χ2v) is 4.53. The number of carbonyl (C=O) groups is 1. The fraction of sp³-hybridized carbons (Fsp3) is 0.500. The van der Waals surface area contributed by atoms with Gasteiger partial charge in [0, 0.05) is 26.2 Å². The summed E-state index contributed by atoms with van der Waals surface area (Å²) < 4.78 is 39.9. The van der Waals surface area contributed by atoms with E-state index >= 15 is 0 Å². The van der Waals surface area contributed by atoms with E-state index in [1.165, 1.54) is 4.90 Å². The van der Waals surface area contributed by atoms with E-state index in [9.17, 15) is 18.0 Å². The van der Waals surface area contributed by atoms with Gasteiger partial charge in [-0.15, -0.1) is 0 Å². The van der Waals surface area contributed by atoms with E-state index in [0.29, 0.717) is 39.3 Å². The van der Waals surface area contributed by atoms with Crippen LogP contribution in [0.2, 0.25) is 0 Å². The summed E-state index contributed by atoms with van der Waals surface area (Å²) >= 11 is 0. The molecule has 1 aliphatic heterocycles. The lowest BCUT2D eigenvalue weighted by atomic mass is 10.2. The number of benzene rings is 1. The molecule has 0 aromatic heterocycles. The Morgan fingerprint density at radius 1 is 1.19 bits per heavy atom. The van der Waals surface area contributed by atoms with Gasteiger partial charge in [-0.2, -0.15) is 13.2 Å². The molecular formula is C14H19F3N2O2. The van der Waals surface area contributed by atoms with Crippen LogP contribution in [-0.2, 0) is 16.1 Å². The van der Waals surface area contributed by atoms with Gasteiger partial charge in [-0.25, -0.2) is 0 Å². The molecule has 0 atom stereocenters. The highest BCUT2D eigenvalue weighted by Crippen LogP contribution is 2.16. The Kier molecular flexibility index (Phi) is 7.78. The molecule has 2 rings (SSSR count). The summed E-state index contributed by atoms with van der Waals surface area (Å²) in [6.45, 7) is 2.37. The predicted octanol–water partition coefficient (Wildman–Crippen LogP) is 1.81. The van der Waals surface area contributed by atoms with E-state index in [1.807, 2.05) is 30.3 Å². The minimum atomic E-state index is -4.04. The number of nitrogens with one attached hydrogen (secondary N) is 1. The number of carbonyl (C=O) groups excluding carboxylic acids is 1. The van der Waals surface area contributed by atoms with Gasteiger partial charge < -0.3 is 10.1 Å². The zero-order valence-electron chi connectivity index (χ0n) is 11.6. The van der Waals surface area contributed by atoms with E-state index in [4.69, 9.17) is 0 Å². The molecule has 7 heteroatoms. The van der Waals surface area contributed by atoms with Crippen LogP contribution in [0.15, 0.2) is 30.3 Å². The number of ether oxygens (including phenoxy) is 1. The molecule has 4 nitrogen and oxygen atoms in total. The summed E-state index contributed by atoms with van der Waals surface area (Å²) in [6, 6.07) is 9.55. The van der Waals surface area contributed by atoms with Crippen LogP contribution in [0.25, 0.3) is 0 Å². The Balaban J connectivity index is 0.000000211. The number of nitrogens with zero attached hydrogens (tertiary/aromatic N) is 1. The van der Waals surface area contributed by atoms with Crippen molar-refractivity contribution in [1.29, 1.82) is 0 Å². The van der Waals surface area contributed by atoms with Crippen molar-refractivity contribution in [2.24, 2.45) is 0 Å². The third-order valence-corrected chi connectivity index (χ3v) is 2.77. The topological polar surface area (TPSA) is 41.6 Å². The molecule has 1 aromatic carbocycles. The van der Waals surface area contributed by atoms with E-state index in [0.717, 1.165) is 5.56 Å². The summed E-state index contributed by atoms with van der Waals surface area (Å²) in [5.74, 6) is 0. The van der Waals surface area contributed by atoms with Crippen molar-refractivity contribution in [1.82, 2.24) is 10.2 Å². The van der Waals surface area contributed by atoms with Crippen LogP contribution in [-0.4, -0.2) is 50.3 Å². The Labute approximate surface area is 121 Å². The number of piperazine rings is 1. The minimum Gasteiger partial charge on any atom is -0.463 e. The van der Waals surface area contributed by atoms with Crippen molar-refractivity contribution >= 4 is 6.47 Å². The van der Waals surface area contributed by atoms with E-state index in [-0.39, 0.29) is 0 Å². The normalized spacial score (nSPS) is 15.8. The first-order valence-corrected chi connectivity index (χ1v) is 6.60. The van der Waals surface area contributed by atoms with Crippen LogP contribution < -0.4 is 5.32 Å². The third-order valence-electron chi connectivity index (χ3n) is 2.77. The molecule has 118 valence electrons. The molecule has 0 aliphatic carbocycles. The number of rotatable bonds is 4. The highest BCUT2D eigenvalue weighted by molar-refractivity contribution is 5.37. The zero-order valence-corrected chi connectivity index (χ0v) is 11.6. The van der Waals surface area contributed by atoms with Crippen LogP contribution >= 0.6 is 0 Å². The van der Waals surface area contributed by atoms with E-state index < -0.39 is 12.7 Å². The second-order valence-electron chi connectivity index (χ2n) is 4.53. The van der Waals surface area contributed by atoms with Gasteiger partial charge in [0.1, 0.15) is 6.61 Å². The summed E-state index contributed by atoms with van der Waals surface area (Å²) in [7, 11) is 0. The largest absolute Gasteiger partial charge is 0.463 e. The molecule has 1 heterocycles. The van der Waals surface area contributed by atoms with Gasteiger partial charge in [-0.3, -0.25) is 9.69 Å². The summed E-state index contributed by atoms with van der Waals surface area (Å²) in [6.07, 6.45) is -4.04. The maximum atomic E-state index is 11.8. The Morgan fingerprint density at radius 2 is 1.81 bits per heavy atom. The van der Waals surface area contributed by atoms with Gasteiger partial charge in [0.25, 0.3) is 6.47 Å². The quantitative estimate of drug-likeness (QED) is 0.862. The van der Waals surface area contributed by atoms with Crippen molar-refractivity contribution in [3.63, 3.8) is 0 Å².